The SMILES string of the molecule is NC(=O)N1C(=O)N(C[C]=O)C=CC1N. The van der Waals surface area contributed by atoms with E-state index in [9.17, 15) is 14.4 Å². The lowest BCUT2D eigenvalue weighted by molar-refractivity contribution is 0.160. The molecule has 0 aliphatic carbocycles. The number of nitrogens with two attached hydrogens (primary N) is 2. The van der Waals surface area contributed by atoms with Crippen LogP contribution in [0.2, 0.25) is 0 Å². The molecule has 7 heteroatoms. The van der Waals surface area contributed by atoms with Crippen LogP contribution in [-0.4, -0.2) is 40.9 Å². The first kappa shape index (κ1) is 10.2. The fourth-order valence-corrected chi connectivity index (χ4v) is 1.04. The number of urea groups is 2. The molecule has 1 rings (SSSR count). The Bertz CT molecular complexity index is 301. The molecular formula is C7H9N4O3. The van der Waals surface area contributed by atoms with E-state index in [1.165, 1.54) is 18.6 Å². The number of hydrogen-bond donors (Lipinski definition) is 2. The van der Waals surface area contributed by atoms with Crippen molar-refractivity contribution in [1.82, 2.24) is 9.80 Å². The van der Waals surface area contributed by atoms with Crippen LogP contribution in [0.4, 0.5) is 9.59 Å². The fraction of sp³-hybridized carbons (Fsp3) is 0.286. The summed E-state index contributed by atoms with van der Waals surface area (Å²) in [5, 5.41) is 0. The van der Waals surface area contributed by atoms with Crippen LogP contribution in [0, 0.1) is 0 Å². The summed E-state index contributed by atoms with van der Waals surface area (Å²) in [5.41, 5.74) is 10.4. The van der Waals surface area contributed by atoms with Crippen LogP contribution in [0.3, 0.4) is 0 Å². The molecule has 0 bridgehead atoms. The molecule has 1 radical (unpaired) electrons. The van der Waals surface area contributed by atoms with E-state index in [2.05, 4.69) is 0 Å². The lowest BCUT2D eigenvalue weighted by Gasteiger charge is -2.31. The van der Waals surface area contributed by atoms with Crippen LogP contribution in [0.15, 0.2) is 12.3 Å². The maximum atomic E-state index is 11.4. The first-order valence-electron chi connectivity index (χ1n) is 3.76. The average Bonchev–Trinajstić information content (AvgIpc) is 2.10. The molecule has 0 saturated heterocycles. The third-order valence-electron chi connectivity index (χ3n) is 1.69. The quantitative estimate of drug-likeness (QED) is 0.573. The zero-order valence-corrected chi connectivity index (χ0v) is 7.21. The van der Waals surface area contributed by atoms with Crippen molar-refractivity contribution in [2.24, 2.45) is 11.5 Å². The maximum Gasteiger partial charge on any atom is 0.334 e. The van der Waals surface area contributed by atoms with Gasteiger partial charge in [0.1, 0.15) is 6.17 Å². The molecule has 75 valence electrons. The summed E-state index contributed by atoms with van der Waals surface area (Å²) in [6.45, 7) is -0.258. The summed E-state index contributed by atoms with van der Waals surface area (Å²) in [4.78, 5) is 33.9. The number of hydrogen-bond acceptors (Lipinski definition) is 4. The Hall–Kier alpha value is -1.89. The molecule has 4 amide bonds. The van der Waals surface area contributed by atoms with Crippen molar-refractivity contribution in [3.63, 3.8) is 0 Å². The predicted molar refractivity (Wildman–Crippen MR) is 46.3 cm³/mol. The van der Waals surface area contributed by atoms with E-state index in [0.717, 1.165) is 4.90 Å². The Morgan fingerprint density at radius 2 is 2.29 bits per heavy atom. The van der Waals surface area contributed by atoms with E-state index in [4.69, 9.17) is 11.5 Å². The van der Waals surface area contributed by atoms with Crippen molar-refractivity contribution in [2.75, 3.05) is 6.54 Å². The summed E-state index contributed by atoms with van der Waals surface area (Å²) >= 11 is 0. The molecule has 7 nitrogen and oxygen atoms in total. The van der Waals surface area contributed by atoms with Crippen molar-refractivity contribution >= 4 is 18.3 Å². The van der Waals surface area contributed by atoms with Crippen molar-refractivity contribution in [3.05, 3.63) is 12.3 Å². The third kappa shape index (κ3) is 1.72. The number of carbonyl (C=O) groups excluding carboxylic acids is 3. The topological polar surface area (TPSA) is 110 Å². The lowest BCUT2D eigenvalue weighted by atomic mass is 10.3. The number of nitrogens with zero attached hydrogens (tertiary/aromatic N) is 2. The number of amides is 4. The van der Waals surface area contributed by atoms with Gasteiger partial charge < -0.3 is 11.5 Å². The smallest absolute Gasteiger partial charge is 0.334 e. The van der Waals surface area contributed by atoms with Crippen LogP contribution in [0.1, 0.15) is 0 Å². The van der Waals surface area contributed by atoms with E-state index in [1.807, 2.05) is 0 Å². The Morgan fingerprint density at radius 3 is 2.79 bits per heavy atom. The Labute approximate surface area is 79.9 Å². The number of primary amides is 1. The standard InChI is InChI=1S/C7H9N4O3/c8-5-1-2-10(3-4-12)7(14)11(5)6(9)13/h1-2,5H,3,8H2,(H2,9,13). The number of rotatable bonds is 2. The minimum Gasteiger partial charge on any atom is -0.351 e. The van der Waals surface area contributed by atoms with Gasteiger partial charge in [-0.25, -0.2) is 14.5 Å². The molecule has 0 saturated carbocycles. The van der Waals surface area contributed by atoms with E-state index in [-0.39, 0.29) is 6.54 Å². The predicted octanol–water partition coefficient (Wildman–Crippen LogP) is -1.29. The van der Waals surface area contributed by atoms with E-state index in [0.29, 0.717) is 4.90 Å². The molecule has 4 N–H and O–H groups in total. The zero-order chi connectivity index (χ0) is 10.7. The highest BCUT2D eigenvalue weighted by molar-refractivity contribution is 5.95. The Kier molecular flexibility index (Phi) is 2.82. The molecule has 1 heterocycles. The van der Waals surface area contributed by atoms with E-state index >= 15 is 0 Å². The minimum absolute atomic E-state index is 0.258. The summed E-state index contributed by atoms with van der Waals surface area (Å²) in [6, 6.07) is -1.68. The van der Waals surface area contributed by atoms with Gasteiger partial charge in [0.25, 0.3) is 0 Å². The third-order valence-corrected chi connectivity index (χ3v) is 1.69. The molecule has 0 aromatic heterocycles. The second-order valence-electron chi connectivity index (χ2n) is 2.60. The van der Waals surface area contributed by atoms with Crippen LogP contribution >= 0.6 is 0 Å². The first-order chi connectivity index (χ1) is 6.57. The van der Waals surface area contributed by atoms with Gasteiger partial charge in [-0.2, -0.15) is 0 Å². The highest BCUT2D eigenvalue weighted by Gasteiger charge is 2.31. The van der Waals surface area contributed by atoms with Gasteiger partial charge in [-0.15, -0.1) is 0 Å². The van der Waals surface area contributed by atoms with Crippen LogP contribution in [0.25, 0.3) is 0 Å². The summed E-state index contributed by atoms with van der Waals surface area (Å²) in [6.07, 6.45) is 3.34. The molecule has 0 aromatic rings. The van der Waals surface area contributed by atoms with Crippen LogP contribution < -0.4 is 11.5 Å². The molecule has 0 spiro atoms. The van der Waals surface area contributed by atoms with Gasteiger partial charge >= 0.3 is 12.1 Å². The number of imide groups is 1. The number of carbonyl (C=O) groups is 2. The van der Waals surface area contributed by atoms with Crippen molar-refractivity contribution in [1.29, 1.82) is 0 Å². The van der Waals surface area contributed by atoms with Gasteiger partial charge in [-0.05, 0) is 6.08 Å². The normalized spacial score (nSPS) is 21.2. The van der Waals surface area contributed by atoms with Crippen molar-refractivity contribution in [3.8, 4) is 0 Å². The Balaban J connectivity index is 2.89. The molecule has 1 unspecified atom stereocenters. The van der Waals surface area contributed by atoms with E-state index in [1.54, 1.807) is 0 Å². The highest BCUT2D eigenvalue weighted by Crippen LogP contribution is 2.09. The molecule has 0 aromatic carbocycles. The Morgan fingerprint density at radius 1 is 1.64 bits per heavy atom. The second-order valence-corrected chi connectivity index (χ2v) is 2.60. The maximum absolute atomic E-state index is 11.4. The van der Waals surface area contributed by atoms with Gasteiger partial charge in [0.2, 0.25) is 6.29 Å². The molecule has 1 aliphatic rings. The van der Waals surface area contributed by atoms with Crippen LogP contribution in [-0.2, 0) is 4.79 Å². The van der Waals surface area contributed by atoms with Gasteiger partial charge in [0, 0.05) is 6.20 Å². The molecule has 0 fully saturated rings. The monoisotopic (exact) mass is 197 g/mol. The molecule has 1 atom stereocenters. The van der Waals surface area contributed by atoms with Gasteiger partial charge in [0.05, 0.1) is 6.54 Å². The highest BCUT2D eigenvalue weighted by atomic mass is 16.2. The average molecular weight is 197 g/mol. The van der Waals surface area contributed by atoms with Gasteiger partial charge in [-0.3, -0.25) is 9.69 Å². The molecule has 14 heavy (non-hydrogen) atoms. The first-order valence-corrected chi connectivity index (χ1v) is 3.76. The van der Waals surface area contributed by atoms with Crippen molar-refractivity contribution in [2.45, 2.75) is 6.17 Å². The van der Waals surface area contributed by atoms with Crippen molar-refractivity contribution < 1.29 is 14.4 Å². The van der Waals surface area contributed by atoms with Gasteiger partial charge in [-0.1, -0.05) is 0 Å². The minimum atomic E-state index is -0.956. The fourth-order valence-electron chi connectivity index (χ4n) is 1.04. The zero-order valence-electron chi connectivity index (χ0n) is 7.21. The lowest BCUT2D eigenvalue weighted by Crippen LogP contribution is -2.57. The summed E-state index contributed by atoms with van der Waals surface area (Å²) in [5.74, 6) is 0. The molecular weight excluding hydrogens is 188 g/mol. The largest absolute Gasteiger partial charge is 0.351 e. The second kappa shape index (κ2) is 3.88. The van der Waals surface area contributed by atoms with Gasteiger partial charge in [0.15, 0.2) is 0 Å². The van der Waals surface area contributed by atoms with E-state index < -0.39 is 18.2 Å². The summed E-state index contributed by atoms with van der Waals surface area (Å²) in [7, 11) is 0. The summed E-state index contributed by atoms with van der Waals surface area (Å²) < 4.78 is 0. The molecule has 1 aliphatic heterocycles. The van der Waals surface area contributed by atoms with Crippen LogP contribution in [0.5, 0.6) is 0 Å².